The number of hydrogen-bond donors (Lipinski definition) is 2. The van der Waals surface area contributed by atoms with Crippen LogP contribution in [0.3, 0.4) is 0 Å². The van der Waals surface area contributed by atoms with Crippen LogP contribution in [-0.4, -0.2) is 11.5 Å². The average Bonchev–Trinajstić information content (AvgIpc) is 2.46. The van der Waals surface area contributed by atoms with Crippen LogP contribution >= 0.6 is 0 Å². The highest BCUT2D eigenvalue weighted by atomic mass is 15.0. The van der Waals surface area contributed by atoms with Crippen molar-refractivity contribution in [1.29, 1.82) is 5.26 Å². The highest BCUT2D eigenvalue weighted by Gasteiger charge is 1.97. The van der Waals surface area contributed by atoms with Crippen molar-refractivity contribution in [2.24, 2.45) is 0 Å². The molecule has 2 rings (SSSR count). The van der Waals surface area contributed by atoms with E-state index in [-0.39, 0.29) is 0 Å². The smallest absolute Gasteiger partial charge is 0.127 e. The number of aromatic nitrogens is 1. The van der Waals surface area contributed by atoms with Crippen molar-refractivity contribution in [3.8, 4) is 6.07 Å². The Hall–Kier alpha value is -2.54. The van der Waals surface area contributed by atoms with Gasteiger partial charge in [0.2, 0.25) is 0 Å². The summed E-state index contributed by atoms with van der Waals surface area (Å²) in [7, 11) is 0. The molecule has 2 aromatic rings. The second-order valence-electron chi connectivity index (χ2n) is 4.12. The Morgan fingerprint density at radius 2 is 1.95 bits per heavy atom. The molecule has 0 aliphatic carbocycles. The zero-order chi connectivity index (χ0) is 13.5. The predicted molar refractivity (Wildman–Crippen MR) is 76.9 cm³/mol. The molecule has 0 saturated heterocycles. The fourth-order valence-corrected chi connectivity index (χ4v) is 1.72. The fourth-order valence-electron chi connectivity index (χ4n) is 1.72. The van der Waals surface area contributed by atoms with E-state index in [2.05, 4.69) is 21.7 Å². The summed E-state index contributed by atoms with van der Waals surface area (Å²) in [5.41, 5.74) is 2.85. The molecular formula is C15H16N4. The van der Waals surface area contributed by atoms with Crippen molar-refractivity contribution >= 4 is 11.5 Å². The molecule has 19 heavy (non-hydrogen) atoms. The van der Waals surface area contributed by atoms with Gasteiger partial charge in [0, 0.05) is 31.0 Å². The molecule has 1 heterocycles. The zero-order valence-corrected chi connectivity index (χ0v) is 10.9. The van der Waals surface area contributed by atoms with E-state index in [9.17, 15) is 0 Å². The first-order chi connectivity index (χ1) is 9.31. The van der Waals surface area contributed by atoms with E-state index in [4.69, 9.17) is 5.26 Å². The molecule has 0 aliphatic rings. The molecule has 4 nitrogen and oxygen atoms in total. The summed E-state index contributed by atoms with van der Waals surface area (Å²) in [6.07, 6.45) is 1.78. The summed E-state index contributed by atoms with van der Waals surface area (Å²) < 4.78 is 0. The minimum atomic E-state index is 0.682. The van der Waals surface area contributed by atoms with Crippen LogP contribution in [0.2, 0.25) is 0 Å². The molecule has 2 N–H and O–H groups in total. The van der Waals surface area contributed by atoms with E-state index in [1.54, 1.807) is 6.20 Å². The molecule has 0 atom stereocenters. The van der Waals surface area contributed by atoms with Gasteiger partial charge < -0.3 is 10.6 Å². The van der Waals surface area contributed by atoms with Crippen molar-refractivity contribution in [3.63, 3.8) is 0 Å². The number of hydrogen-bond acceptors (Lipinski definition) is 4. The monoisotopic (exact) mass is 252 g/mol. The summed E-state index contributed by atoms with van der Waals surface area (Å²) in [4.78, 5) is 4.22. The molecule has 1 aromatic heterocycles. The van der Waals surface area contributed by atoms with Crippen molar-refractivity contribution in [3.05, 3.63) is 53.7 Å². The van der Waals surface area contributed by atoms with Gasteiger partial charge in [-0.25, -0.2) is 4.98 Å². The lowest BCUT2D eigenvalue weighted by Crippen LogP contribution is -2.02. The lowest BCUT2D eigenvalue weighted by Gasteiger charge is -2.08. The Balaban J connectivity index is 1.97. The summed E-state index contributed by atoms with van der Waals surface area (Å²) in [6, 6.07) is 13.6. The summed E-state index contributed by atoms with van der Waals surface area (Å²) in [5.74, 6) is 0.868. The summed E-state index contributed by atoms with van der Waals surface area (Å²) in [5, 5.41) is 15.2. The van der Waals surface area contributed by atoms with E-state index in [0.717, 1.165) is 30.2 Å². The Kier molecular flexibility index (Phi) is 4.35. The molecule has 4 heteroatoms. The SMILES string of the molecule is CCNc1cc(NCc2ccc(C#N)cc2)ccn1. The molecule has 0 spiro atoms. The number of nitrogens with one attached hydrogen (secondary N) is 2. The first-order valence-electron chi connectivity index (χ1n) is 6.24. The standard InChI is InChI=1S/C15H16N4/c1-2-17-15-9-14(7-8-18-15)19-11-13-5-3-12(10-16)4-6-13/h3-9H,2,11H2,1H3,(H2,17,18,19). The molecule has 0 amide bonds. The third-order valence-electron chi connectivity index (χ3n) is 2.70. The van der Waals surface area contributed by atoms with Crippen molar-refractivity contribution in [2.45, 2.75) is 13.5 Å². The fraction of sp³-hybridized carbons (Fsp3) is 0.200. The lowest BCUT2D eigenvalue weighted by atomic mass is 10.1. The van der Waals surface area contributed by atoms with Crippen LogP contribution in [0.4, 0.5) is 11.5 Å². The van der Waals surface area contributed by atoms with Crippen LogP contribution in [0.15, 0.2) is 42.6 Å². The molecule has 0 bridgehead atoms. The van der Waals surface area contributed by atoms with Crippen LogP contribution < -0.4 is 10.6 Å². The number of rotatable bonds is 5. The number of benzene rings is 1. The largest absolute Gasteiger partial charge is 0.381 e. The van der Waals surface area contributed by atoms with Crippen LogP contribution in [-0.2, 0) is 6.54 Å². The maximum atomic E-state index is 8.74. The Morgan fingerprint density at radius 3 is 2.63 bits per heavy atom. The van der Waals surface area contributed by atoms with E-state index >= 15 is 0 Å². The minimum absolute atomic E-state index is 0.682. The van der Waals surface area contributed by atoms with Crippen LogP contribution in [0.25, 0.3) is 0 Å². The maximum absolute atomic E-state index is 8.74. The molecule has 0 unspecified atom stereocenters. The topological polar surface area (TPSA) is 60.7 Å². The average molecular weight is 252 g/mol. The van der Waals surface area contributed by atoms with Crippen LogP contribution in [0.1, 0.15) is 18.1 Å². The third-order valence-corrected chi connectivity index (χ3v) is 2.70. The van der Waals surface area contributed by atoms with Gasteiger partial charge in [0.25, 0.3) is 0 Å². The van der Waals surface area contributed by atoms with Crippen molar-refractivity contribution < 1.29 is 0 Å². The Bertz CT molecular complexity index is 569. The van der Waals surface area contributed by atoms with E-state index in [1.807, 2.05) is 43.3 Å². The van der Waals surface area contributed by atoms with Gasteiger partial charge in [-0.2, -0.15) is 5.26 Å². The number of nitrogens with zero attached hydrogens (tertiary/aromatic N) is 2. The van der Waals surface area contributed by atoms with Gasteiger partial charge in [0.05, 0.1) is 11.6 Å². The zero-order valence-electron chi connectivity index (χ0n) is 10.9. The third kappa shape index (κ3) is 3.71. The Labute approximate surface area is 113 Å². The highest BCUT2D eigenvalue weighted by molar-refractivity contribution is 5.52. The second-order valence-corrected chi connectivity index (χ2v) is 4.12. The van der Waals surface area contributed by atoms with Crippen LogP contribution in [0, 0.1) is 11.3 Å². The van der Waals surface area contributed by atoms with Gasteiger partial charge in [0.1, 0.15) is 5.82 Å². The minimum Gasteiger partial charge on any atom is -0.381 e. The normalized spacial score (nSPS) is 9.68. The van der Waals surface area contributed by atoms with Gasteiger partial charge in [-0.1, -0.05) is 12.1 Å². The van der Waals surface area contributed by atoms with Crippen molar-refractivity contribution in [1.82, 2.24) is 4.98 Å². The molecule has 0 aliphatic heterocycles. The molecule has 0 radical (unpaired) electrons. The lowest BCUT2D eigenvalue weighted by molar-refractivity contribution is 1.13. The summed E-state index contributed by atoms with van der Waals surface area (Å²) >= 11 is 0. The summed E-state index contributed by atoms with van der Waals surface area (Å²) in [6.45, 7) is 3.62. The predicted octanol–water partition coefficient (Wildman–Crippen LogP) is 3.00. The highest BCUT2D eigenvalue weighted by Crippen LogP contribution is 2.13. The van der Waals surface area contributed by atoms with Gasteiger partial charge in [-0.15, -0.1) is 0 Å². The molecule has 0 fully saturated rings. The molecular weight excluding hydrogens is 236 g/mol. The van der Waals surface area contributed by atoms with Crippen LogP contribution in [0.5, 0.6) is 0 Å². The molecule has 96 valence electrons. The first-order valence-corrected chi connectivity index (χ1v) is 6.24. The number of nitriles is 1. The first kappa shape index (κ1) is 12.9. The van der Waals surface area contributed by atoms with Gasteiger partial charge >= 0.3 is 0 Å². The van der Waals surface area contributed by atoms with Gasteiger partial charge in [-0.3, -0.25) is 0 Å². The molecule has 1 aromatic carbocycles. The maximum Gasteiger partial charge on any atom is 0.127 e. The van der Waals surface area contributed by atoms with E-state index in [1.165, 1.54) is 0 Å². The van der Waals surface area contributed by atoms with Gasteiger partial charge in [0.15, 0.2) is 0 Å². The van der Waals surface area contributed by atoms with E-state index in [0.29, 0.717) is 5.56 Å². The van der Waals surface area contributed by atoms with Gasteiger partial charge in [-0.05, 0) is 30.7 Å². The van der Waals surface area contributed by atoms with Crippen molar-refractivity contribution in [2.75, 3.05) is 17.2 Å². The molecule has 0 saturated carbocycles. The second kappa shape index (κ2) is 6.41. The van der Waals surface area contributed by atoms with E-state index < -0.39 is 0 Å². The Morgan fingerprint density at radius 1 is 1.16 bits per heavy atom. The number of pyridine rings is 1. The quantitative estimate of drug-likeness (QED) is 0.858. The number of anilines is 2.